The Morgan fingerprint density at radius 1 is 0.576 bits per heavy atom. The second-order valence-corrected chi connectivity index (χ2v) is 13.6. The van der Waals surface area contributed by atoms with Gasteiger partial charge in [-0.25, -0.2) is 0 Å². The van der Waals surface area contributed by atoms with Crippen molar-refractivity contribution < 1.29 is 8.97 Å². The van der Waals surface area contributed by atoms with Gasteiger partial charge < -0.3 is 8.97 Å². The lowest BCUT2D eigenvalue weighted by Crippen LogP contribution is -2.63. The van der Waals surface area contributed by atoms with Crippen LogP contribution in [0.2, 0.25) is 0 Å². The van der Waals surface area contributed by atoms with Crippen molar-refractivity contribution in [3.8, 4) is 0 Å². The maximum Gasteiger partial charge on any atom is 0.0947 e. The van der Waals surface area contributed by atoms with Crippen molar-refractivity contribution in [1.29, 1.82) is 0 Å². The standard InChI is InChI=1S/C31H60N2/c1-9-32(10-2,11-3)25-19-21-30(7)24(23-25)15-16-26-27-17-18-29(33(12-4,13-5)14-6)31(27,8)22-20-28(26)30/h24-29H,9-23H2,1-8H3/q+2. The minimum absolute atomic E-state index is 0.599. The van der Waals surface area contributed by atoms with E-state index in [1.807, 2.05) is 0 Å². The number of hydrogen-bond acceptors (Lipinski definition) is 0. The van der Waals surface area contributed by atoms with Crippen LogP contribution in [-0.2, 0) is 0 Å². The van der Waals surface area contributed by atoms with E-state index < -0.39 is 0 Å². The lowest BCUT2D eigenvalue weighted by atomic mass is 9.44. The molecule has 0 bridgehead atoms. The Balaban J connectivity index is 1.55. The summed E-state index contributed by atoms with van der Waals surface area (Å²) >= 11 is 0. The zero-order chi connectivity index (χ0) is 24.1. The van der Waals surface area contributed by atoms with Crippen LogP contribution in [0, 0.1) is 34.5 Å². The summed E-state index contributed by atoms with van der Waals surface area (Å²) in [5.74, 6) is 4.06. The summed E-state index contributed by atoms with van der Waals surface area (Å²) in [7, 11) is 0. The summed E-state index contributed by atoms with van der Waals surface area (Å²) in [6, 6.07) is 1.85. The van der Waals surface area contributed by atoms with E-state index in [0.29, 0.717) is 10.8 Å². The molecule has 4 fully saturated rings. The average Bonchev–Trinajstić information content (AvgIpc) is 3.20. The van der Waals surface area contributed by atoms with E-state index in [9.17, 15) is 0 Å². The van der Waals surface area contributed by atoms with Crippen molar-refractivity contribution in [3.63, 3.8) is 0 Å². The Morgan fingerprint density at radius 3 is 1.70 bits per heavy atom. The van der Waals surface area contributed by atoms with E-state index in [-0.39, 0.29) is 0 Å². The smallest absolute Gasteiger partial charge is 0.0947 e. The van der Waals surface area contributed by atoms with E-state index in [1.165, 1.54) is 99.6 Å². The second kappa shape index (κ2) is 9.42. The molecular weight excluding hydrogens is 400 g/mol. The van der Waals surface area contributed by atoms with Gasteiger partial charge in [0.05, 0.1) is 51.4 Å². The third kappa shape index (κ3) is 3.70. The van der Waals surface area contributed by atoms with Crippen LogP contribution in [-0.4, -0.2) is 60.3 Å². The fourth-order valence-electron chi connectivity index (χ4n) is 11.4. The highest BCUT2D eigenvalue weighted by Crippen LogP contribution is 2.67. The van der Waals surface area contributed by atoms with Crippen molar-refractivity contribution in [3.05, 3.63) is 0 Å². The van der Waals surface area contributed by atoms with E-state index in [2.05, 4.69) is 55.4 Å². The van der Waals surface area contributed by atoms with Gasteiger partial charge in [-0.2, -0.15) is 0 Å². The number of fused-ring (bicyclic) bond motifs is 5. The van der Waals surface area contributed by atoms with Gasteiger partial charge in [0.2, 0.25) is 0 Å². The molecule has 0 radical (unpaired) electrons. The molecule has 0 spiro atoms. The molecule has 192 valence electrons. The molecule has 4 aliphatic carbocycles. The monoisotopic (exact) mass is 460 g/mol. The molecule has 0 aromatic heterocycles. The largest absolute Gasteiger partial charge is 0.322 e. The Kier molecular flexibility index (Phi) is 7.42. The molecule has 0 saturated heterocycles. The molecule has 2 heteroatoms. The quantitative estimate of drug-likeness (QED) is 0.329. The summed E-state index contributed by atoms with van der Waals surface area (Å²) in [5, 5.41) is 0. The van der Waals surface area contributed by atoms with Crippen LogP contribution < -0.4 is 0 Å². The third-order valence-electron chi connectivity index (χ3n) is 13.8. The van der Waals surface area contributed by atoms with E-state index in [1.54, 1.807) is 6.42 Å². The van der Waals surface area contributed by atoms with Gasteiger partial charge in [-0.05, 0) is 116 Å². The molecule has 33 heavy (non-hydrogen) atoms. The van der Waals surface area contributed by atoms with E-state index >= 15 is 0 Å². The van der Waals surface area contributed by atoms with Crippen LogP contribution >= 0.6 is 0 Å². The van der Waals surface area contributed by atoms with E-state index in [0.717, 1.165) is 35.8 Å². The van der Waals surface area contributed by atoms with Crippen molar-refractivity contribution in [1.82, 2.24) is 0 Å². The van der Waals surface area contributed by atoms with Gasteiger partial charge in [-0.1, -0.05) is 13.8 Å². The number of nitrogens with zero attached hydrogens (tertiary/aromatic N) is 2. The van der Waals surface area contributed by atoms with Crippen LogP contribution in [0.1, 0.15) is 113 Å². The van der Waals surface area contributed by atoms with Gasteiger partial charge in [-0.15, -0.1) is 0 Å². The fourth-order valence-corrected chi connectivity index (χ4v) is 11.4. The topological polar surface area (TPSA) is 0 Å². The van der Waals surface area contributed by atoms with Crippen LogP contribution in [0.15, 0.2) is 0 Å². The van der Waals surface area contributed by atoms with E-state index in [4.69, 9.17) is 0 Å². The molecule has 0 N–H and O–H groups in total. The van der Waals surface area contributed by atoms with Gasteiger partial charge in [0.25, 0.3) is 0 Å². The van der Waals surface area contributed by atoms with Gasteiger partial charge in [0, 0.05) is 18.3 Å². The first-order chi connectivity index (χ1) is 15.7. The van der Waals surface area contributed by atoms with Crippen LogP contribution in [0.25, 0.3) is 0 Å². The molecule has 0 aliphatic heterocycles. The van der Waals surface area contributed by atoms with Gasteiger partial charge in [0.1, 0.15) is 0 Å². The van der Waals surface area contributed by atoms with Crippen LogP contribution in [0.4, 0.5) is 0 Å². The Hall–Kier alpha value is -0.0800. The maximum atomic E-state index is 2.78. The molecule has 4 rings (SSSR count). The summed E-state index contributed by atoms with van der Waals surface area (Å²) in [5.41, 5.74) is 1.23. The molecule has 2 nitrogen and oxygen atoms in total. The number of rotatable bonds is 8. The molecule has 8 unspecified atom stereocenters. The SMILES string of the molecule is CC[N+](CC)(CC)C1CCC2(C)C(CCC3C2CCC2(C)C3CCC2[N+](CC)(CC)CC)C1. The van der Waals surface area contributed by atoms with Crippen molar-refractivity contribution in [2.45, 2.75) is 125 Å². The van der Waals surface area contributed by atoms with Gasteiger partial charge in [-0.3, -0.25) is 0 Å². The first-order valence-electron chi connectivity index (χ1n) is 15.5. The molecule has 4 aliphatic rings. The first-order valence-corrected chi connectivity index (χ1v) is 15.5. The lowest BCUT2D eigenvalue weighted by Gasteiger charge is -2.62. The Bertz CT molecular complexity index is 647. The number of quaternary nitrogens is 2. The minimum Gasteiger partial charge on any atom is -0.322 e. The molecule has 4 saturated carbocycles. The highest BCUT2D eigenvalue weighted by Gasteiger charge is 2.64. The lowest BCUT2D eigenvalue weighted by molar-refractivity contribution is -0.953. The van der Waals surface area contributed by atoms with Crippen molar-refractivity contribution in [2.75, 3.05) is 39.3 Å². The molecule has 0 amide bonds. The van der Waals surface area contributed by atoms with Crippen molar-refractivity contribution in [2.24, 2.45) is 34.5 Å². The normalized spacial score (nSPS) is 43.6. The summed E-state index contributed by atoms with van der Waals surface area (Å²) < 4.78 is 2.77. The predicted octanol–water partition coefficient (Wildman–Crippen LogP) is 7.52. The fraction of sp³-hybridized carbons (Fsp3) is 1.00. The summed E-state index contributed by atoms with van der Waals surface area (Å²) in [4.78, 5) is 0. The maximum absolute atomic E-state index is 2.78. The predicted molar refractivity (Wildman–Crippen MR) is 143 cm³/mol. The molecule has 0 aromatic carbocycles. The summed E-state index contributed by atoms with van der Waals surface area (Å²) in [6.07, 6.45) is 13.7. The highest BCUT2D eigenvalue weighted by atomic mass is 15.4. The zero-order valence-corrected chi connectivity index (χ0v) is 24.0. The van der Waals surface area contributed by atoms with Crippen LogP contribution in [0.5, 0.6) is 0 Å². The van der Waals surface area contributed by atoms with Crippen LogP contribution in [0.3, 0.4) is 0 Å². The highest BCUT2D eigenvalue weighted by molar-refractivity contribution is 5.10. The minimum atomic E-state index is 0.599. The second-order valence-electron chi connectivity index (χ2n) is 13.6. The Labute approximate surface area is 208 Å². The average molecular weight is 461 g/mol. The third-order valence-corrected chi connectivity index (χ3v) is 13.8. The zero-order valence-electron chi connectivity index (χ0n) is 24.0. The van der Waals surface area contributed by atoms with Crippen molar-refractivity contribution >= 4 is 0 Å². The molecule has 0 heterocycles. The molecule has 8 atom stereocenters. The number of hydrogen-bond donors (Lipinski definition) is 0. The van der Waals surface area contributed by atoms with Gasteiger partial charge in [0.15, 0.2) is 0 Å². The van der Waals surface area contributed by atoms with Gasteiger partial charge >= 0.3 is 0 Å². The molecule has 0 aromatic rings. The summed E-state index contributed by atoms with van der Waals surface area (Å²) in [6.45, 7) is 28.3. The Morgan fingerprint density at radius 2 is 1.12 bits per heavy atom. The molecular formula is C31H60N2+2. The first kappa shape index (κ1) is 26.0.